The highest BCUT2D eigenvalue weighted by molar-refractivity contribution is 9.10. The van der Waals surface area contributed by atoms with Crippen LogP contribution in [0, 0.1) is 0 Å². The Morgan fingerprint density at radius 2 is 1.76 bits per heavy atom. The van der Waals surface area contributed by atoms with Crippen LogP contribution in [0.2, 0.25) is 5.02 Å². The summed E-state index contributed by atoms with van der Waals surface area (Å²) in [5.74, 6) is 1.58. The van der Waals surface area contributed by atoms with Crippen molar-refractivity contribution < 1.29 is 9.47 Å². The maximum atomic E-state index is 5.86. The molecule has 0 spiro atoms. The Bertz CT molecular complexity index is 620. The van der Waals surface area contributed by atoms with Crippen molar-refractivity contribution in [3.63, 3.8) is 0 Å². The molecule has 0 amide bonds. The molecule has 0 saturated heterocycles. The number of benzene rings is 2. The first-order valence-electron chi connectivity index (χ1n) is 6.25. The van der Waals surface area contributed by atoms with E-state index < -0.39 is 0 Å². The first-order chi connectivity index (χ1) is 9.72. The molecule has 0 fully saturated rings. The van der Waals surface area contributed by atoms with Gasteiger partial charge in [-0.05, 0) is 51.3 Å². The van der Waals surface area contributed by atoms with Gasteiger partial charge in [-0.25, -0.2) is 0 Å². The van der Waals surface area contributed by atoms with Crippen molar-refractivity contribution in [2.24, 2.45) is 0 Å². The van der Waals surface area contributed by atoms with Crippen LogP contribution in [-0.4, -0.2) is 6.79 Å². The standard InChI is InChI=1S/C15H13BrClNO2.ClH/c16-13-5-11(6-14-15(13)20-9-19-14)8-18-7-10-1-3-12(17)4-2-10;/h1-6,18H,7-9H2;1H. The summed E-state index contributed by atoms with van der Waals surface area (Å²) in [6, 6.07) is 11.9. The topological polar surface area (TPSA) is 30.5 Å². The number of nitrogens with one attached hydrogen (secondary N) is 1. The van der Waals surface area contributed by atoms with E-state index in [-0.39, 0.29) is 19.2 Å². The van der Waals surface area contributed by atoms with Gasteiger partial charge in [0.1, 0.15) is 0 Å². The average molecular weight is 391 g/mol. The summed E-state index contributed by atoms with van der Waals surface area (Å²) in [6.07, 6.45) is 0. The second-order valence-electron chi connectivity index (χ2n) is 4.54. The molecule has 2 aromatic carbocycles. The van der Waals surface area contributed by atoms with Crippen molar-refractivity contribution in [2.45, 2.75) is 13.1 Å². The van der Waals surface area contributed by atoms with Gasteiger partial charge in [0.15, 0.2) is 11.5 Å². The number of rotatable bonds is 4. The van der Waals surface area contributed by atoms with Crippen LogP contribution < -0.4 is 14.8 Å². The van der Waals surface area contributed by atoms with Crippen LogP contribution in [0.15, 0.2) is 40.9 Å². The Kier molecular flexibility index (Phi) is 5.76. The van der Waals surface area contributed by atoms with Crippen LogP contribution in [-0.2, 0) is 13.1 Å². The van der Waals surface area contributed by atoms with Gasteiger partial charge in [-0.1, -0.05) is 23.7 Å². The molecule has 0 atom stereocenters. The van der Waals surface area contributed by atoms with Gasteiger partial charge in [0.25, 0.3) is 0 Å². The third kappa shape index (κ3) is 4.04. The average Bonchev–Trinajstić information content (AvgIpc) is 2.90. The monoisotopic (exact) mass is 389 g/mol. The molecule has 1 aliphatic heterocycles. The summed E-state index contributed by atoms with van der Waals surface area (Å²) in [6.45, 7) is 1.84. The van der Waals surface area contributed by atoms with E-state index in [0.717, 1.165) is 39.6 Å². The van der Waals surface area contributed by atoms with Crippen LogP contribution >= 0.6 is 39.9 Å². The first kappa shape index (κ1) is 16.4. The Morgan fingerprint density at radius 1 is 1.05 bits per heavy atom. The van der Waals surface area contributed by atoms with Crippen molar-refractivity contribution in [1.29, 1.82) is 0 Å². The van der Waals surface area contributed by atoms with Gasteiger partial charge in [0, 0.05) is 18.1 Å². The zero-order valence-electron chi connectivity index (χ0n) is 11.1. The minimum Gasteiger partial charge on any atom is -0.454 e. The summed E-state index contributed by atoms with van der Waals surface area (Å²) in [5.41, 5.74) is 2.35. The molecule has 3 rings (SSSR count). The molecule has 112 valence electrons. The largest absolute Gasteiger partial charge is 0.454 e. The molecule has 6 heteroatoms. The molecule has 21 heavy (non-hydrogen) atoms. The van der Waals surface area contributed by atoms with Crippen LogP contribution in [0.4, 0.5) is 0 Å². The van der Waals surface area contributed by atoms with E-state index in [2.05, 4.69) is 21.2 Å². The minimum absolute atomic E-state index is 0. The van der Waals surface area contributed by atoms with E-state index in [9.17, 15) is 0 Å². The number of hydrogen-bond acceptors (Lipinski definition) is 3. The molecular weight excluding hydrogens is 377 g/mol. The molecular formula is C15H14BrCl2NO2. The second kappa shape index (κ2) is 7.36. The molecule has 0 saturated carbocycles. The molecule has 1 N–H and O–H groups in total. The number of hydrogen-bond donors (Lipinski definition) is 1. The molecule has 0 aromatic heterocycles. The molecule has 2 aromatic rings. The van der Waals surface area contributed by atoms with Gasteiger partial charge in [-0.15, -0.1) is 12.4 Å². The molecule has 1 heterocycles. The van der Waals surface area contributed by atoms with Crippen molar-refractivity contribution in [3.8, 4) is 11.5 Å². The first-order valence-corrected chi connectivity index (χ1v) is 7.42. The number of ether oxygens (including phenoxy) is 2. The Morgan fingerprint density at radius 3 is 2.52 bits per heavy atom. The summed E-state index contributed by atoms with van der Waals surface area (Å²) in [5, 5.41) is 4.15. The van der Waals surface area contributed by atoms with E-state index in [1.165, 1.54) is 5.56 Å². The summed E-state index contributed by atoms with van der Waals surface area (Å²) >= 11 is 9.36. The summed E-state index contributed by atoms with van der Waals surface area (Å²) in [7, 11) is 0. The maximum absolute atomic E-state index is 5.86. The van der Waals surface area contributed by atoms with Gasteiger partial charge in [-0.2, -0.15) is 0 Å². The van der Waals surface area contributed by atoms with E-state index in [0.29, 0.717) is 0 Å². The highest BCUT2D eigenvalue weighted by Gasteiger charge is 2.17. The molecule has 3 nitrogen and oxygen atoms in total. The smallest absolute Gasteiger partial charge is 0.231 e. The predicted molar refractivity (Wildman–Crippen MR) is 89.5 cm³/mol. The van der Waals surface area contributed by atoms with Gasteiger partial charge in [0.05, 0.1) is 4.47 Å². The van der Waals surface area contributed by atoms with Gasteiger partial charge >= 0.3 is 0 Å². The van der Waals surface area contributed by atoms with Gasteiger partial charge in [0.2, 0.25) is 6.79 Å². The Hall–Kier alpha value is -0.940. The maximum Gasteiger partial charge on any atom is 0.231 e. The zero-order chi connectivity index (χ0) is 13.9. The minimum atomic E-state index is 0. The molecule has 1 aliphatic rings. The third-order valence-corrected chi connectivity index (χ3v) is 3.90. The summed E-state index contributed by atoms with van der Waals surface area (Å²) < 4.78 is 11.7. The van der Waals surface area contributed by atoms with Crippen molar-refractivity contribution in [3.05, 3.63) is 57.0 Å². The number of fused-ring (bicyclic) bond motifs is 1. The molecule has 0 radical (unpaired) electrons. The lowest BCUT2D eigenvalue weighted by molar-refractivity contribution is 0.173. The fraction of sp³-hybridized carbons (Fsp3) is 0.200. The lowest BCUT2D eigenvalue weighted by Crippen LogP contribution is -2.12. The Balaban J connectivity index is 0.00000161. The van der Waals surface area contributed by atoms with Crippen LogP contribution in [0.5, 0.6) is 11.5 Å². The normalized spacial score (nSPS) is 12.1. The van der Waals surface area contributed by atoms with Crippen LogP contribution in [0.1, 0.15) is 11.1 Å². The summed E-state index contributed by atoms with van der Waals surface area (Å²) in [4.78, 5) is 0. The lowest BCUT2D eigenvalue weighted by Gasteiger charge is -2.07. The highest BCUT2D eigenvalue weighted by atomic mass is 79.9. The van der Waals surface area contributed by atoms with Crippen LogP contribution in [0.25, 0.3) is 0 Å². The van der Waals surface area contributed by atoms with E-state index in [1.54, 1.807) is 0 Å². The predicted octanol–water partition coefficient (Wildman–Crippen LogP) is 4.54. The molecule has 0 unspecified atom stereocenters. The fourth-order valence-corrected chi connectivity index (χ4v) is 2.81. The lowest BCUT2D eigenvalue weighted by atomic mass is 10.2. The van der Waals surface area contributed by atoms with Gasteiger partial charge in [-0.3, -0.25) is 0 Å². The number of halogens is 3. The zero-order valence-corrected chi connectivity index (χ0v) is 14.2. The third-order valence-electron chi connectivity index (χ3n) is 3.06. The van der Waals surface area contributed by atoms with Crippen LogP contribution in [0.3, 0.4) is 0 Å². The quantitative estimate of drug-likeness (QED) is 0.830. The fourth-order valence-electron chi connectivity index (χ4n) is 2.08. The van der Waals surface area contributed by atoms with Crippen molar-refractivity contribution in [2.75, 3.05) is 6.79 Å². The Labute approximate surface area is 143 Å². The van der Waals surface area contributed by atoms with Crippen molar-refractivity contribution >= 4 is 39.9 Å². The van der Waals surface area contributed by atoms with Crippen molar-refractivity contribution in [1.82, 2.24) is 5.32 Å². The molecule has 0 bridgehead atoms. The van der Waals surface area contributed by atoms with E-state index >= 15 is 0 Å². The van der Waals surface area contributed by atoms with E-state index in [4.69, 9.17) is 21.1 Å². The highest BCUT2D eigenvalue weighted by Crippen LogP contribution is 2.39. The molecule has 0 aliphatic carbocycles. The van der Waals surface area contributed by atoms with E-state index in [1.807, 2.05) is 36.4 Å². The second-order valence-corrected chi connectivity index (χ2v) is 5.83. The van der Waals surface area contributed by atoms with Gasteiger partial charge < -0.3 is 14.8 Å². The SMILES string of the molecule is Cl.Clc1ccc(CNCc2cc(Br)c3c(c2)OCO3)cc1.